The van der Waals surface area contributed by atoms with Gasteiger partial charge in [-0.3, -0.25) is 9.69 Å². The number of hydrogen-bond donors (Lipinski definition) is 1. The van der Waals surface area contributed by atoms with Crippen molar-refractivity contribution < 1.29 is 14.3 Å². The molecule has 0 unspecified atom stereocenters. The molecule has 0 bridgehead atoms. The number of hydrogen-bond acceptors (Lipinski definition) is 5. The first-order chi connectivity index (χ1) is 11.6. The van der Waals surface area contributed by atoms with E-state index >= 15 is 0 Å². The highest BCUT2D eigenvalue weighted by Gasteiger charge is 2.15. The predicted octanol–water partition coefficient (Wildman–Crippen LogP) is 1.83. The SMILES string of the molecule is CCCOC(=O)c1ccc(NC(=O)CN2CCCN(C)CC2)cc1. The first kappa shape index (κ1) is 18.4. The molecule has 0 spiro atoms. The summed E-state index contributed by atoms with van der Waals surface area (Å²) >= 11 is 0. The van der Waals surface area contributed by atoms with Crippen LogP contribution in [0, 0.1) is 0 Å². The average Bonchev–Trinajstić information content (AvgIpc) is 2.77. The Hall–Kier alpha value is -1.92. The van der Waals surface area contributed by atoms with E-state index in [0.717, 1.165) is 39.0 Å². The van der Waals surface area contributed by atoms with E-state index in [4.69, 9.17) is 4.74 Å². The van der Waals surface area contributed by atoms with Crippen LogP contribution in [0.25, 0.3) is 0 Å². The molecule has 0 saturated carbocycles. The van der Waals surface area contributed by atoms with Crippen LogP contribution in [0.2, 0.25) is 0 Å². The van der Waals surface area contributed by atoms with Gasteiger partial charge in [-0.1, -0.05) is 6.92 Å². The van der Waals surface area contributed by atoms with Crippen LogP contribution in [0.5, 0.6) is 0 Å². The van der Waals surface area contributed by atoms with Crippen LogP contribution >= 0.6 is 0 Å². The second kappa shape index (κ2) is 9.39. The van der Waals surface area contributed by atoms with Crippen molar-refractivity contribution in [2.75, 3.05) is 51.7 Å². The van der Waals surface area contributed by atoms with E-state index in [1.165, 1.54) is 0 Å². The number of likely N-dealkylation sites (N-methyl/N-ethyl adjacent to an activating group) is 1. The van der Waals surface area contributed by atoms with Crippen LogP contribution in [0.15, 0.2) is 24.3 Å². The fraction of sp³-hybridized carbons (Fsp3) is 0.556. The minimum absolute atomic E-state index is 0.0270. The number of ether oxygens (including phenoxy) is 1. The highest BCUT2D eigenvalue weighted by Crippen LogP contribution is 2.11. The van der Waals surface area contributed by atoms with Crippen molar-refractivity contribution in [1.29, 1.82) is 0 Å². The molecule has 0 atom stereocenters. The maximum atomic E-state index is 12.2. The molecule has 1 aliphatic heterocycles. The number of nitrogens with zero attached hydrogens (tertiary/aromatic N) is 2. The third-order valence-electron chi connectivity index (χ3n) is 4.02. The van der Waals surface area contributed by atoms with Gasteiger partial charge in [0.15, 0.2) is 0 Å². The molecule has 0 radical (unpaired) electrons. The average molecular weight is 333 g/mol. The largest absolute Gasteiger partial charge is 0.462 e. The van der Waals surface area contributed by atoms with Crippen LogP contribution in [-0.4, -0.2) is 68.1 Å². The molecule has 1 amide bonds. The van der Waals surface area contributed by atoms with E-state index in [2.05, 4.69) is 22.2 Å². The Kier molecular flexibility index (Phi) is 7.21. The lowest BCUT2D eigenvalue weighted by molar-refractivity contribution is -0.117. The lowest BCUT2D eigenvalue weighted by atomic mass is 10.2. The van der Waals surface area contributed by atoms with E-state index in [1.807, 2.05) is 6.92 Å². The van der Waals surface area contributed by atoms with E-state index in [9.17, 15) is 9.59 Å². The number of carbonyl (C=O) groups excluding carboxylic acids is 2. The Balaban J connectivity index is 1.82. The molecule has 6 nitrogen and oxygen atoms in total. The van der Waals surface area contributed by atoms with Gasteiger partial charge in [-0.05, 0) is 57.2 Å². The zero-order valence-electron chi connectivity index (χ0n) is 14.6. The first-order valence-corrected chi connectivity index (χ1v) is 8.56. The maximum absolute atomic E-state index is 12.2. The van der Waals surface area contributed by atoms with Gasteiger partial charge in [0.1, 0.15) is 0 Å². The number of benzene rings is 1. The fourth-order valence-electron chi connectivity index (χ4n) is 2.63. The summed E-state index contributed by atoms with van der Waals surface area (Å²) in [4.78, 5) is 28.4. The summed E-state index contributed by atoms with van der Waals surface area (Å²) in [6, 6.07) is 6.82. The first-order valence-electron chi connectivity index (χ1n) is 8.56. The smallest absolute Gasteiger partial charge is 0.338 e. The molecule has 2 rings (SSSR count). The Morgan fingerprint density at radius 3 is 2.58 bits per heavy atom. The predicted molar refractivity (Wildman–Crippen MR) is 94.2 cm³/mol. The quantitative estimate of drug-likeness (QED) is 0.805. The van der Waals surface area contributed by atoms with Crippen LogP contribution in [0.1, 0.15) is 30.1 Å². The Morgan fingerprint density at radius 1 is 1.12 bits per heavy atom. The molecule has 1 heterocycles. The van der Waals surface area contributed by atoms with Gasteiger partial charge in [0, 0.05) is 18.8 Å². The monoisotopic (exact) mass is 333 g/mol. The summed E-state index contributed by atoms with van der Waals surface area (Å²) < 4.78 is 5.08. The molecule has 1 saturated heterocycles. The number of rotatable bonds is 6. The summed E-state index contributed by atoms with van der Waals surface area (Å²) in [5.41, 5.74) is 1.19. The normalized spacial score (nSPS) is 16.4. The number of carbonyl (C=O) groups is 2. The molecule has 1 fully saturated rings. The van der Waals surface area contributed by atoms with Crippen LogP contribution in [0.4, 0.5) is 5.69 Å². The van der Waals surface area contributed by atoms with Gasteiger partial charge < -0.3 is 15.0 Å². The molecule has 6 heteroatoms. The van der Waals surface area contributed by atoms with Crippen LogP contribution in [0.3, 0.4) is 0 Å². The van der Waals surface area contributed by atoms with Crippen LogP contribution < -0.4 is 5.32 Å². The van der Waals surface area contributed by atoms with Crippen molar-refractivity contribution in [1.82, 2.24) is 9.80 Å². The molecular weight excluding hydrogens is 306 g/mol. The molecule has 0 aliphatic carbocycles. The van der Waals surface area contributed by atoms with Gasteiger partial charge in [0.05, 0.1) is 18.7 Å². The summed E-state index contributed by atoms with van der Waals surface area (Å²) in [5.74, 6) is -0.357. The zero-order chi connectivity index (χ0) is 17.4. The lowest BCUT2D eigenvalue weighted by Crippen LogP contribution is -2.35. The zero-order valence-corrected chi connectivity index (χ0v) is 14.6. The number of nitrogens with one attached hydrogen (secondary N) is 1. The summed E-state index contributed by atoms with van der Waals surface area (Å²) in [6.45, 7) is 6.69. The number of esters is 1. The van der Waals surface area contributed by atoms with Gasteiger partial charge >= 0.3 is 5.97 Å². The summed E-state index contributed by atoms with van der Waals surface area (Å²) in [6.07, 6.45) is 1.88. The molecule has 1 N–H and O–H groups in total. The maximum Gasteiger partial charge on any atom is 0.338 e. The lowest BCUT2D eigenvalue weighted by Gasteiger charge is -2.19. The molecular formula is C18H27N3O3. The third kappa shape index (κ3) is 5.94. The standard InChI is InChI=1S/C18H27N3O3/c1-3-13-24-18(23)15-5-7-16(8-6-15)19-17(22)14-21-10-4-9-20(2)11-12-21/h5-8H,3-4,9-14H2,1-2H3,(H,19,22). The molecule has 1 aliphatic rings. The van der Waals surface area contributed by atoms with Crippen molar-refractivity contribution in [3.8, 4) is 0 Å². The highest BCUT2D eigenvalue weighted by atomic mass is 16.5. The second-order valence-corrected chi connectivity index (χ2v) is 6.19. The van der Waals surface area contributed by atoms with Gasteiger partial charge in [0.25, 0.3) is 0 Å². The van der Waals surface area contributed by atoms with Crippen molar-refractivity contribution in [2.45, 2.75) is 19.8 Å². The minimum Gasteiger partial charge on any atom is -0.462 e. The Bertz CT molecular complexity index is 545. The van der Waals surface area contributed by atoms with Gasteiger partial charge in [-0.2, -0.15) is 0 Å². The second-order valence-electron chi connectivity index (χ2n) is 6.19. The molecule has 132 valence electrons. The Labute approximate surface area is 143 Å². The van der Waals surface area contributed by atoms with E-state index in [-0.39, 0.29) is 11.9 Å². The van der Waals surface area contributed by atoms with Gasteiger partial charge in [0.2, 0.25) is 5.91 Å². The van der Waals surface area contributed by atoms with E-state index in [0.29, 0.717) is 24.4 Å². The molecule has 0 aromatic heterocycles. The highest BCUT2D eigenvalue weighted by molar-refractivity contribution is 5.94. The van der Waals surface area contributed by atoms with E-state index < -0.39 is 0 Å². The fourth-order valence-corrected chi connectivity index (χ4v) is 2.63. The third-order valence-corrected chi connectivity index (χ3v) is 4.02. The van der Waals surface area contributed by atoms with E-state index in [1.54, 1.807) is 24.3 Å². The summed E-state index contributed by atoms with van der Waals surface area (Å²) in [5, 5.41) is 2.88. The molecule has 1 aromatic rings. The topological polar surface area (TPSA) is 61.9 Å². The molecule has 24 heavy (non-hydrogen) atoms. The van der Waals surface area contributed by atoms with Crippen molar-refractivity contribution >= 4 is 17.6 Å². The van der Waals surface area contributed by atoms with Crippen molar-refractivity contribution in [3.63, 3.8) is 0 Å². The number of anilines is 1. The summed E-state index contributed by atoms with van der Waals surface area (Å²) in [7, 11) is 2.11. The van der Waals surface area contributed by atoms with Crippen molar-refractivity contribution in [3.05, 3.63) is 29.8 Å². The van der Waals surface area contributed by atoms with Crippen molar-refractivity contribution in [2.24, 2.45) is 0 Å². The minimum atomic E-state index is -0.330. The molecule has 1 aromatic carbocycles. The Morgan fingerprint density at radius 2 is 1.88 bits per heavy atom. The van der Waals surface area contributed by atoms with Gasteiger partial charge in [-0.15, -0.1) is 0 Å². The van der Waals surface area contributed by atoms with Crippen LogP contribution in [-0.2, 0) is 9.53 Å². The van der Waals surface area contributed by atoms with Gasteiger partial charge in [-0.25, -0.2) is 4.79 Å². The number of amides is 1.